The van der Waals surface area contributed by atoms with Gasteiger partial charge < -0.3 is 52.3 Å². The smallest absolute Gasteiger partial charge is 0.287 e. The molecule has 0 aliphatic rings. The van der Waals surface area contributed by atoms with E-state index in [-0.39, 0.29) is 46.2 Å². The van der Waals surface area contributed by atoms with E-state index >= 15 is 0 Å². The fourth-order valence-corrected chi connectivity index (χ4v) is 4.49. The summed E-state index contributed by atoms with van der Waals surface area (Å²) in [5.74, 6) is -3.12. The second-order valence-corrected chi connectivity index (χ2v) is 11.3. The van der Waals surface area contributed by atoms with Crippen LogP contribution >= 0.6 is 15.9 Å². The van der Waals surface area contributed by atoms with Crippen molar-refractivity contribution in [2.75, 3.05) is 27.8 Å². The van der Waals surface area contributed by atoms with E-state index in [1.165, 1.54) is 18.6 Å². The normalized spacial score (nSPS) is 10.7. The number of anilines is 4. The third-order valence-electron chi connectivity index (χ3n) is 7.08. The number of imidazole rings is 1. The second kappa shape index (κ2) is 14.0. The van der Waals surface area contributed by atoms with Gasteiger partial charge in [-0.3, -0.25) is 28.8 Å². The number of nitrogens with two attached hydrogens (primary N) is 1. The zero-order chi connectivity index (χ0) is 34.6. The van der Waals surface area contributed by atoms with Crippen molar-refractivity contribution in [1.82, 2.24) is 30.2 Å². The number of nitrogens with one attached hydrogen (secondary N) is 9. The fraction of sp³-hybridized carbons (Fsp3) is 0.207. The summed E-state index contributed by atoms with van der Waals surface area (Å²) in [5, 5.41) is 13.2. The van der Waals surface area contributed by atoms with E-state index in [4.69, 9.17) is 5.73 Å². The quantitative estimate of drug-likeness (QED) is 0.0982. The van der Waals surface area contributed by atoms with Crippen LogP contribution in [0.3, 0.4) is 0 Å². The summed E-state index contributed by atoms with van der Waals surface area (Å²) < 4.78 is 0.133. The predicted octanol–water partition coefficient (Wildman–Crippen LogP) is 2.84. The number of primary amides is 1. The van der Waals surface area contributed by atoms with Crippen LogP contribution in [-0.4, -0.2) is 66.9 Å². The maximum atomic E-state index is 13.2. The minimum atomic E-state index is -0.574. The second-order valence-electron chi connectivity index (χ2n) is 10.4. The first-order chi connectivity index (χ1) is 22.2. The Morgan fingerprint density at radius 1 is 0.745 bits per heavy atom. The number of hydrogen-bond donors (Lipinski definition) is 10. The lowest BCUT2D eigenvalue weighted by Crippen LogP contribution is -2.28. The van der Waals surface area contributed by atoms with E-state index in [1.807, 2.05) is 0 Å². The van der Waals surface area contributed by atoms with Crippen molar-refractivity contribution in [3.8, 4) is 0 Å². The highest BCUT2D eigenvalue weighted by Crippen LogP contribution is 2.25. The van der Waals surface area contributed by atoms with Gasteiger partial charge in [0, 0.05) is 48.2 Å². The third kappa shape index (κ3) is 7.67. The Bertz CT molecular complexity index is 1930. The number of carbonyl (C=O) groups is 6. The number of aryl methyl sites for hydroxylation is 1. The minimum Gasteiger partial charge on any atom is -0.370 e. The maximum absolute atomic E-state index is 13.2. The van der Waals surface area contributed by atoms with E-state index in [1.54, 1.807) is 27.7 Å². The molecule has 0 unspecified atom stereocenters. The van der Waals surface area contributed by atoms with Gasteiger partial charge in [0.05, 0.1) is 27.2 Å². The Morgan fingerprint density at radius 2 is 1.19 bits per heavy atom. The molecule has 6 amide bonds. The van der Waals surface area contributed by atoms with Crippen molar-refractivity contribution in [3.63, 3.8) is 0 Å². The molecule has 0 saturated heterocycles. The first-order valence-electron chi connectivity index (χ1n) is 13.9. The van der Waals surface area contributed by atoms with Crippen LogP contribution in [0.2, 0.25) is 0 Å². The molecule has 0 fully saturated rings. The van der Waals surface area contributed by atoms with Gasteiger partial charge in [-0.15, -0.1) is 0 Å². The summed E-state index contributed by atoms with van der Waals surface area (Å²) in [6.45, 7) is 10.1. The van der Waals surface area contributed by atoms with Crippen molar-refractivity contribution in [3.05, 3.63) is 74.9 Å². The molecular weight excluding hydrogens is 678 g/mol. The molecule has 0 aromatic carbocycles. The highest BCUT2D eigenvalue weighted by molar-refractivity contribution is 9.12. The molecule has 11 N–H and O–H groups in total. The molecule has 246 valence electrons. The van der Waals surface area contributed by atoms with Crippen LogP contribution in [-0.2, 0) is 9.59 Å². The first kappa shape index (κ1) is 34.0. The van der Waals surface area contributed by atoms with Crippen molar-refractivity contribution >= 4 is 74.3 Å². The molecule has 4 aromatic rings. The minimum absolute atomic E-state index is 0.0335. The molecule has 0 aliphatic heterocycles. The summed E-state index contributed by atoms with van der Waals surface area (Å²) in [5.41, 5.74) is 8.51. The fourth-order valence-electron chi connectivity index (χ4n) is 4.39. The lowest BCUT2D eigenvalue weighted by atomic mass is 10.2. The zero-order valence-corrected chi connectivity index (χ0v) is 27.3. The molecule has 0 atom stereocenters. The van der Waals surface area contributed by atoms with Gasteiger partial charge in [0.25, 0.3) is 29.5 Å². The van der Waals surface area contributed by atoms with E-state index in [2.05, 4.69) is 74.0 Å². The van der Waals surface area contributed by atoms with Crippen LogP contribution in [0.25, 0.3) is 0 Å². The average Bonchev–Trinajstić information content (AvgIpc) is 3.76. The molecule has 0 bridgehead atoms. The van der Waals surface area contributed by atoms with Crippen LogP contribution < -0.4 is 32.3 Å². The number of H-pyrrole nitrogens is 4. The number of aromatic amines is 4. The molecule has 4 rings (SSSR count). The summed E-state index contributed by atoms with van der Waals surface area (Å²) in [4.78, 5) is 89.7. The number of amides is 6. The Balaban J connectivity index is 1.39. The third-order valence-corrected chi connectivity index (χ3v) is 7.44. The molecule has 18 heteroatoms. The summed E-state index contributed by atoms with van der Waals surface area (Å²) in [7, 11) is 0. The molecule has 0 radical (unpaired) electrons. The van der Waals surface area contributed by atoms with Crippen molar-refractivity contribution in [1.29, 1.82) is 0 Å². The standard InChI is InChI=1S/C29H32BrN11O6/c1-11-16(37-25(43)14(4)30)8-33-20(11)26(44)38-17-9-34-21(12(17)2)27(45)39-18-10-35-22(13(18)3)28(46)41-23-15(5)36-24(40-23)29(47)32-7-6-19(31)42/h8-10,33-35H,4,6-7H2,1-3,5H3,(H2,31,42)(H,32,47)(H,36,40)(H,37,43)(H,38,44)(H,39,45)(H,41,46). The van der Waals surface area contributed by atoms with E-state index in [9.17, 15) is 28.8 Å². The van der Waals surface area contributed by atoms with E-state index < -0.39 is 35.4 Å². The maximum Gasteiger partial charge on any atom is 0.287 e. The lowest BCUT2D eigenvalue weighted by molar-refractivity contribution is -0.118. The molecule has 0 spiro atoms. The van der Waals surface area contributed by atoms with Gasteiger partial charge in [0.1, 0.15) is 17.1 Å². The lowest BCUT2D eigenvalue weighted by Gasteiger charge is -2.07. The molecule has 0 saturated carbocycles. The SMILES string of the molecule is C=C(Br)C(=O)Nc1c[nH]c(C(=O)Nc2c[nH]c(C(=O)Nc3c[nH]c(C(=O)Nc4nc(C(=O)NCCC(N)=O)[nH]c4C)c3C)c2C)c1C. The van der Waals surface area contributed by atoms with Crippen LogP contribution in [0.4, 0.5) is 22.9 Å². The van der Waals surface area contributed by atoms with Gasteiger partial charge in [0.2, 0.25) is 5.91 Å². The van der Waals surface area contributed by atoms with Gasteiger partial charge >= 0.3 is 0 Å². The number of aromatic nitrogens is 5. The Morgan fingerprint density at radius 3 is 1.64 bits per heavy atom. The van der Waals surface area contributed by atoms with Crippen molar-refractivity contribution in [2.45, 2.75) is 34.1 Å². The van der Waals surface area contributed by atoms with Crippen LogP contribution in [0.15, 0.2) is 29.7 Å². The summed E-state index contributed by atoms with van der Waals surface area (Å²) in [6, 6.07) is 0. The monoisotopic (exact) mass is 709 g/mol. The number of nitrogens with zero attached hydrogens (tertiary/aromatic N) is 1. The van der Waals surface area contributed by atoms with Crippen molar-refractivity contribution < 1.29 is 28.8 Å². The average molecular weight is 711 g/mol. The number of halogens is 1. The Hall–Kier alpha value is -5.91. The van der Waals surface area contributed by atoms with Gasteiger partial charge in [0.15, 0.2) is 11.6 Å². The van der Waals surface area contributed by atoms with E-state index in [0.717, 1.165) is 0 Å². The molecule has 0 aliphatic carbocycles. The Kier molecular flexibility index (Phi) is 10.1. The first-order valence-corrected chi connectivity index (χ1v) is 14.7. The summed E-state index contributed by atoms with van der Waals surface area (Å²) in [6.07, 6.45) is 4.37. The number of carbonyl (C=O) groups excluding carboxylic acids is 6. The van der Waals surface area contributed by atoms with Crippen molar-refractivity contribution in [2.24, 2.45) is 5.73 Å². The van der Waals surface area contributed by atoms with Gasteiger partial charge in [-0.1, -0.05) is 6.58 Å². The van der Waals surface area contributed by atoms with Crippen LogP contribution in [0, 0.1) is 27.7 Å². The van der Waals surface area contributed by atoms with Gasteiger partial charge in [-0.05, 0) is 43.6 Å². The predicted molar refractivity (Wildman–Crippen MR) is 177 cm³/mol. The number of rotatable bonds is 12. The molecule has 4 heterocycles. The molecule has 4 aromatic heterocycles. The highest BCUT2D eigenvalue weighted by Gasteiger charge is 2.23. The van der Waals surface area contributed by atoms with Crippen LogP contribution in [0.1, 0.15) is 70.9 Å². The van der Waals surface area contributed by atoms with Gasteiger partial charge in [-0.2, -0.15) is 0 Å². The van der Waals surface area contributed by atoms with Crippen LogP contribution in [0.5, 0.6) is 0 Å². The Labute approximate surface area is 275 Å². The highest BCUT2D eigenvalue weighted by atomic mass is 79.9. The summed E-state index contributed by atoms with van der Waals surface area (Å²) >= 11 is 3.01. The topological polar surface area (TPSA) is 265 Å². The molecule has 47 heavy (non-hydrogen) atoms. The largest absolute Gasteiger partial charge is 0.370 e. The molecular formula is C29H32BrN11O6. The van der Waals surface area contributed by atoms with E-state index in [0.29, 0.717) is 39.4 Å². The zero-order valence-electron chi connectivity index (χ0n) is 25.7. The van der Waals surface area contributed by atoms with Gasteiger partial charge in [-0.25, -0.2) is 4.98 Å². The number of hydrogen-bond acceptors (Lipinski definition) is 7. The molecule has 17 nitrogen and oxygen atoms in total.